The number of piperazine rings is 1. The molecule has 1 fully saturated rings. The highest BCUT2D eigenvalue weighted by Gasteiger charge is 2.15. The van der Waals surface area contributed by atoms with Crippen molar-refractivity contribution in [3.8, 4) is 0 Å². The van der Waals surface area contributed by atoms with Crippen molar-refractivity contribution in [2.45, 2.75) is 6.42 Å². The molecule has 6 heteroatoms. The molecule has 0 radical (unpaired) electrons. The van der Waals surface area contributed by atoms with Crippen LogP contribution in [0.15, 0.2) is 18.3 Å². The third-order valence-electron chi connectivity index (χ3n) is 2.98. The fourth-order valence-electron chi connectivity index (χ4n) is 1.84. The van der Waals surface area contributed by atoms with Crippen LogP contribution in [0.5, 0.6) is 0 Å². The molecule has 0 unspecified atom stereocenters. The zero-order valence-electron chi connectivity index (χ0n) is 10.6. The van der Waals surface area contributed by atoms with Crippen molar-refractivity contribution >= 4 is 11.6 Å². The minimum absolute atomic E-state index is 0.0307. The van der Waals surface area contributed by atoms with E-state index in [0.29, 0.717) is 5.69 Å². The molecule has 0 aliphatic carbocycles. The molecule has 1 aliphatic rings. The van der Waals surface area contributed by atoms with Crippen molar-refractivity contribution in [1.29, 1.82) is 0 Å². The molecule has 18 heavy (non-hydrogen) atoms. The van der Waals surface area contributed by atoms with E-state index in [1.54, 1.807) is 18.3 Å². The number of carbonyl (C=O) groups excluding carboxylic acids is 1. The summed E-state index contributed by atoms with van der Waals surface area (Å²) in [6.45, 7) is 3.66. The molecule has 0 bridgehead atoms. The number of rotatable bonds is 3. The van der Waals surface area contributed by atoms with Crippen molar-refractivity contribution in [2.75, 3.05) is 39.0 Å². The quantitative estimate of drug-likeness (QED) is 0.754. The number of anilines is 1. The molecule has 1 aliphatic heterocycles. The summed E-state index contributed by atoms with van der Waals surface area (Å²) in [5, 5.41) is 1.96. The molecule has 1 aromatic heterocycles. The largest absolute Gasteiger partial charge is 0.397 e. The molecule has 2 heterocycles. The number of pyridine rings is 1. The van der Waals surface area contributed by atoms with Gasteiger partial charge in [0, 0.05) is 31.9 Å². The molecule has 98 valence electrons. The first-order valence-electron chi connectivity index (χ1n) is 6.07. The van der Waals surface area contributed by atoms with E-state index in [-0.39, 0.29) is 12.3 Å². The minimum atomic E-state index is -0.0307. The zero-order valence-corrected chi connectivity index (χ0v) is 10.6. The van der Waals surface area contributed by atoms with Gasteiger partial charge < -0.3 is 10.6 Å². The summed E-state index contributed by atoms with van der Waals surface area (Å²) in [5.41, 5.74) is 9.78. The smallest absolute Gasteiger partial charge is 0.240 e. The number of hydrogen-bond acceptors (Lipinski definition) is 5. The predicted octanol–water partition coefficient (Wildman–Crippen LogP) is -0.515. The van der Waals surface area contributed by atoms with Gasteiger partial charge in [0.2, 0.25) is 5.91 Å². The van der Waals surface area contributed by atoms with Crippen molar-refractivity contribution < 1.29 is 4.79 Å². The van der Waals surface area contributed by atoms with E-state index in [1.165, 1.54) is 0 Å². The Balaban J connectivity index is 1.80. The van der Waals surface area contributed by atoms with Gasteiger partial charge in [-0.05, 0) is 19.2 Å². The monoisotopic (exact) mass is 249 g/mol. The SMILES string of the molecule is CN1CCN(NC(=O)Cc2ccc(N)cn2)CC1. The fraction of sp³-hybridized carbons (Fsp3) is 0.500. The van der Waals surface area contributed by atoms with E-state index in [1.807, 2.05) is 5.01 Å². The first-order valence-corrected chi connectivity index (χ1v) is 6.07. The number of hydrazine groups is 1. The Labute approximate surface area is 107 Å². The normalized spacial score (nSPS) is 17.6. The molecule has 6 nitrogen and oxygen atoms in total. The Bertz CT molecular complexity index is 397. The predicted molar refractivity (Wildman–Crippen MR) is 69.6 cm³/mol. The van der Waals surface area contributed by atoms with E-state index >= 15 is 0 Å². The van der Waals surface area contributed by atoms with Crippen LogP contribution in [0.3, 0.4) is 0 Å². The highest BCUT2D eigenvalue weighted by molar-refractivity contribution is 5.77. The number of aromatic nitrogens is 1. The lowest BCUT2D eigenvalue weighted by Crippen LogP contribution is -2.52. The van der Waals surface area contributed by atoms with Crippen LogP contribution in [0.2, 0.25) is 0 Å². The van der Waals surface area contributed by atoms with Crippen molar-refractivity contribution in [1.82, 2.24) is 20.3 Å². The van der Waals surface area contributed by atoms with Gasteiger partial charge in [-0.25, -0.2) is 5.01 Å². The molecule has 1 amide bonds. The van der Waals surface area contributed by atoms with Crippen molar-refractivity contribution in [2.24, 2.45) is 0 Å². The summed E-state index contributed by atoms with van der Waals surface area (Å²) in [7, 11) is 2.08. The highest BCUT2D eigenvalue weighted by Crippen LogP contribution is 2.02. The lowest BCUT2D eigenvalue weighted by atomic mass is 10.2. The van der Waals surface area contributed by atoms with Gasteiger partial charge in [0.05, 0.1) is 18.3 Å². The van der Waals surface area contributed by atoms with Crippen molar-refractivity contribution in [3.63, 3.8) is 0 Å². The molecule has 2 rings (SSSR count). The standard InChI is InChI=1S/C12H19N5O/c1-16-4-6-17(7-5-16)15-12(18)8-11-3-2-10(13)9-14-11/h2-3,9H,4-8,13H2,1H3,(H,15,18). The molecule has 0 saturated carbocycles. The number of amides is 1. The van der Waals surface area contributed by atoms with E-state index in [9.17, 15) is 4.79 Å². The summed E-state index contributed by atoms with van der Waals surface area (Å²) in [4.78, 5) is 18.2. The van der Waals surface area contributed by atoms with Crippen LogP contribution in [-0.4, -0.2) is 54.0 Å². The number of nitrogens with zero attached hydrogens (tertiary/aromatic N) is 3. The second-order valence-electron chi connectivity index (χ2n) is 4.58. The lowest BCUT2D eigenvalue weighted by molar-refractivity contribution is -0.126. The maximum Gasteiger partial charge on any atom is 0.240 e. The van der Waals surface area contributed by atoms with Gasteiger partial charge in [-0.15, -0.1) is 0 Å². The minimum Gasteiger partial charge on any atom is -0.397 e. The van der Waals surface area contributed by atoms with Gasteiger partial charge in [0.1, 0.15) is 0 Å². The van der Waals surface area contributed by atoms with E-state index in [4.69, 9.17) is 5.73 Å². The van der Waals surface area contributed by atoms with Gasteiger partial charge in [0.15, 0.2) is 0 Å². The number of nitrogens with one attached hydrogen (secondary N) is 1. The maximum absolute atomic E-state index is 11.8. The second-order valence-corrected chi connectivity index (χ2v) is 4.58. The van der Waals surface area contributed by atoms with Crippen LogP contribution in [0.1, 0.15) is 5.69 Å². The Morgan fingerprint density at radius 3 is 2.72 bits per heavy atom. The second kappa shape index (κ2) is 5.79. The molecule has 0 aromatic carbocycles. The molecule has 1 saturated heterocycles. The molecule has 3 N–H and O–H groups in total. The van der Waals surface area contributed by atoms with Crippen LogP contribution in [0.25, 0.3) is 0 Å². The maximum atomic E-state index is 11.8. The first-order chi connectivity index (χ1) is 8.63. The summed E-state index contributed by atoms with van der Waals surface area (Å²) in [5.74, 6) is -0.0307. The van der Waals surface area contributed by atoms with Crippen molar-refractivity contribution in [3.05, 3.63) is 24.0 Å². The van der Waals surface area contributed by atoms with Gasteiger partial charge in [-0.2, -0.15) is 0 Å². The number of hydrogen-bond donors (Lipinski definition) is 2. The summed E-state index contributed by atoms with van der Waals surface area (Å²) >= 11 is 0. The number of nitrogen functional groups attached to an aromatic ring is 1. The third-order valence-corrected chi connectivity index (χ3v) is 2.98. The van der Waals surface area contributed by atoms with Crippen LogP contribution in [0.4, 0.5) is 5.69 Å². The summed E-state index contributed by atoms with van der Waals surface area (Å²) in [6, 6.07) is 3.53. The van der Waals surface area contributed by atoms with E-state index in [2.05, 4.69) is 22.4 Å². The number of carbonyl (C=O) groups is 1. The highest BCUT2D eigenvalue weighted by atomic mass is 16.2. The average molecular weight is 249 g/mol. The van der Waals surface area contributed by atoms with Crippen LogP contribution in [-0.2, 0) is 11.2 Å². The van der Waals surface area contributed by atoms with E-state index in [0.717, 1.165) is 31.9 Å². The Morgan fingerprint density at radius 2 is 2.11 bits per heavy atom. The van der Waals surface area contributed by atoms with Gasteiger partial charge in [-0.3, -0.25) is 15.2 Å². The molecule has 1 aromatic rings. The Morgan fingerprint density at radius 1 is 1.39 bits per heavy atom. The zero-order chi connectivity index (χ0) is 13.0. The molecular formula is C12H19N5O. The third kappa shape index (κ3) is 3.68. The average Bonchev–Trinajstić information content (AvgIpc) is 2.35. The van der Waals surface area contributed by atoms with Gasteiger partial charge in [-0.1, -0.05) is 0 Å². The topological polar surface area (TPSA) is 74.5 Å². The number of likely N-dealkylation sites (N-methyl/N-ethyl adjacent to an activating group) is 1. The summed E-state index contributed by atoms with van der Waals surface area (Å²) < 4.78 is 0. The fourth-order valence-corrected chi connectivity index (χ4v) is 1.84. The Hall–Kier alpha value is -1.66. The van der Waals surface area contributed by atoms with E-state index < -0.39 is 0 Å². The molecule has 0 spiro atoms. The van der Waals surface area contributed by atoms with Crippen LogP contribution >= 0.6 is 0 Å². The lowest BCUT2D eigenvalue weighted by Gasteiger charge is -2.32. The molecule has 0 atom stereocenters. The van der Waals surface area contributed by atoms with Gasteiger partial charge >= 0.3 is 0 Å². The van der Waals surface area contributed by atoms with Gasteiger partial charge in [0.25, 0.3) is 0 Å². The summed E-state index contributed by atoms with van der Waals surface area (Å²) in [6.07, 6.45) is 1.85. The molecular weight excluding hydrogens is 230 g/mol. The van der Waals surface area contributed by atoms with Crippen LogP contribution in [0, 0.1) is 0 Å². The first kappa shape index (κ1) is 12.8. The van der Waals surface area contributed by atoms with Crippen LogP contribution < -0.4 is 11.2 Å². The number of nitrogens with two attached hydrogens (primary N) is 1. The Kier molecular flexibility index (Phi) is 4.11.